The van der Waals surface area contributed by atoms with Gasteiger partial charge in [0, 0.05) is 28.4 Å². The SMILES string of the molecule is CO.CO.CO.CO.[Cr+2]. The molecule has 0 aliphatic carbocycles. The zero-order valence-corrected chi connectivity index (χ0v) is 7.47. The van der Waals surface area contributed by atoms with Crippen LogP contribution in [0.2, 0.25) is 0 Å². The summed E-state index contributed by atoms with van der Waals surface area (Å²) >= 11 is 0. The molecule has 9 heavy (non-hydrogen) atoms. The van der Waals surface area contributed by atoms with Crippen LogP contribution in [0.25, 0.3) is 0 Å². The fraction of sp³-hybridized carbons (Fsp3) is 1.00. The minimum Gasteiger partial charge on any atom is -0.400 e. The standard InChI is InChI=1S/4CH4O.Cr/c4*1-2;/h4*2H,1H3;/q;;;;+2. The van der Waals surface area contributed by atoms with Crippen molar-refractivity contribution < 1.29 is 37.8 Å². The van der Waals surface area contributed by atoms with Crippen LogP contribution in [0.1, 0.15) is 0 Å². The fourth-order valence-corrected chi connectivity index (χ4v) is 0. The van der Waals surface area contributed by atoms with Gasteiger partial charge in [-0.3, -0.25) is 0 Å². The topological polar surface area (TPSA) is 80.9 Å². The number of hydrogen-bond acceptors (Lipinski definition) is 4. The smallest absolute Gasteiger partial charge is 0.400 e. The van der Waals surface area contributed by atoms with Crippen molar-refractivity contribution in [1.29, 1.82) is 0 Å². The Bertz CT molecular complexity index is 12.5. The quantitative estimate of drug-likeness (QED) is 0.363. The van der Waals surface area contributed by atoms with Crippen LogP contribution >= 0.6 is 0 Å². The molecule has 0 spiro atoms. The van der Waals surface area contributed by atoms with Gasteiger partial charge >= 0.3 is 17.4 Å². The van der Waals surface area contributed by atoms with Gasteiger partial charge in [-0.25, -0.2) is 0 Å². The van der Waals surface area contributed by atoms with Crippen molar-refractivity contribution in [2.24, 2.45) is 0 Å². The molecule has 0 amide bonds. The second-order valence-electron chi connectivity index (χ2n) is 0. The molecular formula is C4H16CrO4+2. The first-order chi connectivity index (χ1) is 4.00. The molecule has 4 nitrogen and oxygen atoms in total. The maximum atomic E-state index is 7.00. The van der Waals surface area contributed by atoms with Gasteiger partial charge in [-0.1, -0.05) is 0 Å². The van der Waals surface area contributed by atoms with Crippen LogP contribution in [0, 0.1) is 0 Å². The van der Waals surface area contributed by atoms with Crippen LogP contribution in [-0.4, -0.2) is 48.9 Å². The van der Waals surface area contributed by atoms with Crippen LogP contribution in [0.3, 0.4) is 0 Å². The maximum absolute atomic E-state index is 7.00. The van der Waals surface area contributed by atoms with Crippen molar-refractivity contribution in [2.75, 3.05) is 28.4 Å². The molecule has 0 aromatic rings. The summed E-state index contributed by atoms with van der Waals surface area (Å²) in [7, 11) is 4.00. The summed E-state index contributed by atoms with van der Waals surface area (Å²) in [5.74, 6) is 0. The first-order valence-corrected chi connectivity index (χ1v) is 1.79. The summed E-state index contributed by atoms with van der Waals surface area (Å²) < 4.78 is 0. The predicted molar refractivity (Wildman–Crippen MR) is 32.6 cm³/mol. The van der Waals surface area contributed by atoms with Gasteiger partial charge in [0.05, 0.1) is 0 Å². The van der Waals surface area contributed by atoms with E-state index in [9.17, 15) is 0 Å². The Labute approximate surface area is 66.9 Å². The summed E-state index contributed by atoms with van der Waals surface area (Å²) in [5.41, 5.74) is 0. The third-order valence-corrected chi connectivity index (χ3v) is 0. The molecule has 0 aliphatic heterocycles. The Morgan fingerprint density at radius 2 is 0.444 bits per heavy atom. The Hall–Kier alpha value is 0.372. The third kappa shape index (κ3) is 2450. The molecule has 0 fully saturated rings. The molecule has 0 atom stereocenters. The predicted octanol–water partition coefficient (Wildman–Crippen LogP) is -1.57. The molecule has 0 aliphatic rings. The average Bonchev–Trinajstić information content (AvgIpc) is 2.03. The second-order valence-corrected chi connectivity index (χ2v) is 0. The van der Waals surface area contributed by atoms with E-state index in [1.165, 1.54) is 0 Å². The first kappa shape index (κ1) is 34.4. The van der Waals surface area contributed by atoms with Crippen LogP contribution in [0.4, 0.5) is 0 Å². The van der Waals surface area contributed by atoms with E-state index in [0.717, 1.165) is 28.4 Å². The van der Waals surface area contributed by atoms with Crippen molar-refractivity contribution in [3.8, 4) is 0 Å². The number of aliphatic hydroxyl groups excluding tert-OH is 4. The van der Waals surface area contributed by atoms with Crippen LogP contribution in [-0.2, 0) is 17.4 Å². The summed E-state index contributed by atoms with van der Waals surface area (Å²) in [6.45, 7) is 0. The number of hydrogen-bond donors (Lipinski definition) is 4. The minimum atomic E-state index is 0. The van der Waals surface area contributed by atoms with Gasteiger partial charge in [0.1, 0.15) is 0 Å². The van der Waals surface area contributed by atoms with Crippen molar-refractivity contribution in [3.05, 3.63) is 0 Å². The molecule has 0 unspecified atom stereocenters. The molecule has 0 radical (unpaired) electrons. The monoisotopic (exact) mass is 180 g/mol. The van der Waals surface area contributed by atoms with Gasteiger partial charge < -0.3 is 20.4 Å². The fourth-order valence-electron chi connectivity index (χ4n) is 0. The van der Waals surface area contributed by atoms with E-state index in [-0.39, 0.29) is 17.4 Å². The van der Waals surface area contributed by atoms with Gasteiger partial charge in [0.2, 0.25) is 0 Å². The normalized spacial score (nSPS) is 2.67. The van der Waals surface area contributed by atoms with E-state index in [4.69, 9.17) is 20.4 Å². The molecule has 0 saturated heterocycles. The van der Waals surface area contributed by atoms with E-state index in [0.29, 0.717) is 0 Å². The molecule has 0 aromatic carbocycles. The molecule has 0 bridgehead atoms. The summed E-state index contributed by atoms with van der Waals surface area (Å²) in [5, 5.41) is 28.0. The average molecular weight is 180 g/mol. The second kappa shape index (κ2) is 3280. The van der Waals surface area contributed by atoms with Crippen LogP contribution < -0.4 is 0 Å². The van der Waals surface area contributed by atoms with Gasteiger partial charge in [0.15, 0.2) is 0 Å². The van der Waals surface area contributed by atoms with E-state index in [1.807, 2.05) is 0 Å². The maximum Gasteiger partial charge on any atom is 2.00 e. The molecule has 60 valence electrons. The van der Waals surface area contributed by atoms with Crippen molar-refractivity contribution in [3.63, 3.8) is 0 Å². The summed E-state index contributed by atoms with van der Waals surface area (Å²) in [4.78, 5) is 0. The van der Waals surface area contributed by atoms with Gasteiger partial charge in [-0.2, -0.15) is 0 Å². The van der Waals surface area contributed by atoms with Gasteiger partial charge in [0.25, 0.3) is 0 Å². The van der Waals surface area contributed by atoms with E-state index in [2.05, 4.69) is 0 Å². The van der Waals surface area contributed by atoms with E-state index in [1.54, 1.807) is 0 Å². The third-order valence-electron chi connectivity index (χ3n) is 0. The van der Waals surface area contributed by atoms with Crippen molar-refractivity contribution in [1.82, 2.24) is 0 Å². The number of aliphatic hydroxyl groups is 4. The molecule has 0 heterocycles. The zero-order valence-electron chi connectivity index (χ0n) is 6.20. The Morgan fingerprint density at radius 3 is 0.444 bits per heavy atom. The summed E-state index contributed by atoms with van der Waals surface area (Å²) in [6.07, 6.45) is 0. The van der Waals surface area contributed by atoms with Gasteiger partial charge in [-0.15, -0.1) is 0 Å². The van der Waals surface area contributed by atoms with Crippen molar-refractivity contribution in [2.45, 2.75) is 0 Å². The van der Waals surface area contributed by atoms with E-state index < -0.39 is 0 Å². The number of rotatable bonds is 0. The Morgan fingerprint density at radius 1 is 0.444 bits per heavy atom. The molecule has 0 saturated carbocycles. The first-order valence-electron chi connectivity index (χ1n) is 1.79. The molecule has 0 aromatic heterocycles. The summed E-state index contributed by atoms with van der Waals surface area (Å²) in [6, 6.07) is 0. The zero-order chi connectivity index (χ0) is 8.00. The van der Waals surface area contributed by atoms with Crippen molar-refractivity contribution >= 4 is 0 Å². The van der Waals surface area contributed by atoms with Gasteiger partial charge in [-0.05, 0) is 0 Å². The molecule has 4 N–H and O–H groups in total. The van der Waals surface area contributed by atoms with Crippen LogP contribution in [0.15, 0.2) is 0 Å². The largest absolute Gasteiger partial charge is 2.00 e. The Balaban J connectivity index is -0.00000000762. The molecule has 5 heteroatoms. The van der Waals surface area contributed by atoms with Crippen LogP contribution in [0.5, 0.6) is 0 Å². The molecular weight excluding hydrogens is 164 g/mol. The van der Waals surface area contributed by atoms with E-state index >= 15 is 0 Å². The molecule has 0 rings (SSSR count). The minimum absolute atomic E-state index is 0. The Kier molecular flexibility index (Phi) is 12500.